The molecule has 0 aliphatic carbocycles. The third kappa shape index (κ3) is 3.93. The van der Waals surface area contributed by atoms with E-state index in [-0.39, 0.29) is 5.41 Å². The van der Waals surface area contributed by atoms with Gasteiger partial charge in [-0.1, -0.05) is 27.7 Å². The summed E-state index contributed by atoms with van der Waals surface area (Å²) in [6.07, 6.45) is 2.84. The van der Waals surface area contributed by atoms with Crippen molar-refractivity contribution >= 4 is 0 Å². The number of hydrogen-bond donors (Lipinski definition) is 1. The smallest absolute Gasteiger partial charge is 0.128 e. The van der Waals surface area contributed by atoms with E-state index in [4.69, 9.17) is 4.74 Å². The highest BCUT2D eigenvalue weighted by atomic mass is 16.5. The van der Waals surface area contributed by atoms with Crippen molar-refractivity contribution < 1.29 is 4.74 Å². The SMILES string of the molecule is CCNC(Cc1ncc(C)c(OC)c1C)C(C)(C)C. The lowest BCUT2D eigenvalue weighted by Gasteiger charge is -2.31. The van der Waals surface area contributed by atoms with Crippen molar-refractivity contribution in [2.75, 3.05) is 13.7 Å². The largest absolute Gasteiger partial charge is 0.496 e. The first-order chi connectivity index (χ1) is 8.81. The van der Waals surface area contributed by atoms with Crippen LogP contribution in [-0.4, -0.2) is 24.7 Å². The molecule has 0 bridgehead atoms. The van der Waals surface area contributed by atoms with Crippen LogP contribution in [-0.2, 0) is 6.42 Å². The maximum Gasteiger partial charge on any atom is 0.128 e. The number of likely N-dealkylation sites (N-methyl/N-ethyl adjacent to an activating group) is 1. The molecule has 0 amide bonds. The van der Waals surface area contributed by atoms with E-state index in [1.165, 1.54) is 0 Å². The minimum Gasteiger partial charge on any atom is -0.496 e. The molecule has 1 heterocycles. The number of pyridine rings is 1. The first-order valence-electron chi connectivity index (χ1n) is 7.03. The van der Waals surface area contributed by atoms with E-state index in [2.05, 4.69) is 44.9 Å². The average Bonchev–Trinajstić information content (AvgIpc) is 2.31. The summed E-state index contributed by atoms with van der Waals surface area (Å²) in [6, 6.07) is 0.413. The number of methoxy groups -OCH3 is 1. The quantitative estimate of drug-likeness (QED) is 0.886. The summed E-state index contributed by atoms with van der Waals surface area (Å²) in [5.41, 5.74) is 3.60. The molecule has 3 heteroatoms. The summed E-state index contributed by atoms with van der Waals surface area (Å²) >= 11 is 0. The molecule has 0 saturated carbocycles. The van der Waals surface area contributed by atoms with Crippen LogP contribution in [0.15, 0.2) is 6.20 Å². The van der Waals surface area contributed by atoms with Gasteiger partial charge in [-0.15, -0.1) is 0 Å². The summed E-state index contributed by atoms with van der Waals surface area (Å²) in [4.78, 5) is 4.60. The molecule has 1 aromatic rings. The van der Waals surface area contributed by atoms with Crippen LogP contribution in [0, 0.1) is 19.3 Å². The van der Waals surface area contributed by atoms with Crippen LogP contribution < -0.4 is 10.1 Å². The van der Waals surface area contributed by atoms with Crippen LogP contribution >= 0.6 is 0 Å². The lowest BCUT2D eigenvalue weighted by molar-refractivity contribution is 0.268. The maximum atomic E-state index is 5.48. The minimum atomic E-state index is 0.211. The molecular weight excluding hydrogens is 236 g/mol. The zero-order valence-corrected chi connectivity index (χ0v) is 13.4. The first kappa shape index (κ1) is 16.0. The van der Waals surface area contributed by atoms with Crippen molar-refractivity contribution in [3.8, 4) is 5.75 Å². The molecule has 0 spiro atoms. The number of aryl methyl sites for hydroxylation is 1. The Kier molecular flexibility index (Phi) is 5.36. The Balaban J connectivity index is 3.04. The topological polar surface area (TPSA) is 34.2 Å². The van der Waals surface area contributed by atoms with E-state index >= 15 is 0 Å². The Labute approximate surface area is 117 Å². The molecule has 1 rings (SSSR count). The number of nitrogens with one attached hydrogen (secondary N) is 1. The fraction of sp³-hybridized carbons (Fsp3) is 0.688. The maximum absolute atomic E-state index is 5.48. The molecule has 1 aromatic heterocycles. The highest BCUT2D eigenvalue weighted by Crippen LogP contribution is 2.28. The fourth-order valence-electron chi connectivity index (χ4n) is 2.40. The van der Waals surface area contributed by atoms with Crippen molar-refractivity contribution in [3.63, 3.8) is 0 Å². The zero-order valence-electron chi connectivity index (χ0n) is 13.4. The average molecular weight is 264 g/mol. The highest BCUT2D eigenvalue weighted by molar-refractivity contribution is 5.41. The third-order valence-corrected chi connectivity index (χ3v) is 3.64. The molecule has 0 radical (unpaired) electrons. The number of ether oxygens (including phenoxy) is 1. The Morgan fingerprint density at radius 2 is 1.95 bits per heavy atom. The highest BCUT2D eigenvalue weighted by Gasteiger charge is 2.25. The number of hydrogen-bond acceptors (Lipinski definition) is 3. The summed E-state index contributed by atoms with van der Waals surface area (Å²) in [7, 11) is 1.73. The van der Waals surface area contributed by atoms with Crippen molar-refractivity contribution in [2.24, 2.45) is 5.41 Å². The van der Waals surface area contributed by atoms with E-state index < -0.39 is 0 Å². The fourth-order valence-corrected chi connectivity index (χ4v) is 2.40. The van der Waals surface area contributed by atoms with Gasteiger partial charge in [0.1, 0.15) is 5.75 Å². The van der Waals surface area contributed by atoms with E-state index in [1.807, 2.05) is 13.1 Å². The van der Waals surface area contributed by atoms with Crippen LogP contribution in [0.2, 0.25) is 0 Å². The van der Waals surface area contributed by atoms with Gasteiger partial charge in [-0.05, 0) is 25.8 Å². The van der Waals surface area contributed by atoms with Gasteiger partial charge in [-0.2, -0.15) is 0 Å². The molecule has 1 N–H and O–H groups in total. The van der Waals surface area contributed by atoms with Crippen molar-refractivity contribution in [1.29, 1.82) is 0 Å². The van der Waals surface area contributed by atoms with Gasteiger partial charge < -0.3 is 10.1 Å². The van der Waals surface area contributed by atoms with Gasteiger partial charge in [0.15, 0.2) is 0 Å². The number of rotatable bonds is 5. The molecule has 0 aliphatic rings. The van der Waals surface area contributed by atoms with Crippen molar-refractivity contribution in [1.82, 2.24) is 10.3 Å². The van der Waals surface area contributed by atoms with E-state index in [9.17, 15) is 0 Å². The molecule has 1 unspecified atom stereocenters. The Morgan fingerprint density at radius 1 is 1.32 bits per heavy atom. The zero-order chi connectivity index (χ0) is 14.6. The van der Waals surface area contributed by atoms with E-state index in [0.717, 1.165) is 35.5 Å². The number of aromatic nitrogens is 1. The molecule has 0 aromatic carbocycles. The summed E-state index contributed by atoms with van der Waals surface area (Å²) in [6.45, 7) is 14.1. The van der Waals surface area contributed by atoms with Crippen LogP contribution in [0.25, 0.3) is 0 Å². The minimum absolute atomic E-state index is 0.211. The van der Waals surface area contributed by atoms with Crippen molar-refractivity contribution in [2.45, 2.75) is 54.0 Å². The second-order valence-electron chi connectivity index (χ2n) is 6.23. The standard InChI is InChI=1S/C16H28N2O/c1-8-17-14(16(4,5)6)9-13-12(3)15(19-7)11(2)10-18-13/h10,14,17H,8-9H2,1-7H3. The predicted molar refractivity (Wildman–Crippen MR) is 80.9 cm³/mol. The second-order valence-corrected chi connectivity index (χ2v) is 6.23. The van der Waals surface area contributed by atoms with Crippen LogP contribution in [0.1, 0.15) is 44.5 Å². The molecule has 3 nitrogen and oxygen atoms in total. The molecule has 0 saturated heterocycles. The lowest BCUT2D eigenvalue weighted by atomic mass is 9.83. The molecule has 1 atom stereocenters. The Morgan fingerprint density at radius 3 is 2.42 bits per heavy atom. The number of nitrogens with zero attached hydrogens (tertiary/aromatic N) is 1. The normalized spacial score (nSPS) is 13.4. The van der Waals surface area contributed by atoms with Crippen LogP contribution in [0.3, 0.4) is 0 Å². The monoisotopic (exact) mass is 264 g/mol. The second kappa shape index (κ2) is 6.38. The van der Waals surface area contributed by atoms with Gasteiger partial charge in [-0.3, -0.25) is 4.98 Å². The Hall–Kier alpha value is -1.09. The molecular formula is C16H28N2O. The van der Waals surface area contributed by atoms with Crippen molar-refractivity contribution in [3.05, 3.63) is 23.0 Å². The van der Waals surface area contributed by atoms with Crippen LogP contribution in [0.5, 0.6) is 5.75 Å². The summed E-state index contributed by atoms with van der Waals surface area (Å²) < 4.78 is 5.48. The Bertz CT molecular complexity index is 421. The van der Waals surface area contributed by atoms with Crippen LogP contribution in [0.4, 0.5) is 0 Å². The van der Waals surface area contributed by atoms with Gasteiger partial charge in [0.2, 0.25) is 0 Å². The van der Waals surface area contributed by atoms with Gasteiger partial charge in [0.25, 0.3) is 0 Å². The van der Waals surface area contributed by atoms with Gasteiger partial charge in [0.05, 0.1) is 7.11 Å². The van der Waals surface area contributed by atoms with Gasteiger partial charge in [-0.25, -0.2) is 0 Å². The third-order valence-electron chi connectivity index (χ3n) is 3.64. The van der Waals surface area contributed by atoms with Gasteiger partial charge in [0, 0.05) is 35.5 Å². The lowest BCUT2D eigenvalue weighted by Crippen LogP contribution is -2.42. The molecule has 0 aliphatic heterocycles. The first-order valence-corrected chi connectivity index (χ1v) is 7.03. The summed E-state index contributed by atoms with van der Waals surface area (Å²) in [5.74, 6) is 0.967. The summed E-state index contributed by atoms with van der Waals surface area (Å²) in [5, 5.41) is 3.57. The molecule has 108 valence electrons. The molecule has 19 heavy (non-hydrogen) atoms. The van der Waals surface area contributed by atoms with E-state index in [0.29, 0.717) is 6.04 Å². The van der Waals surface area contributed by atoms with E-state index in [1.54, 1.807) is 7.11 Å². The molecule has 0 fully saturated rings. The van der Waals surface area contributed by atoms with Gasteiger partial charge >= 0.3 is 0 Å². The predicted octanol–water partition coefficient (Wildman–Crippen LogP) is 3.27.